The van der Waals surface area contributed by atoms with E-state index in [0.717, 1.165) is 4.90 Å². The van der Waals surface area contributed by atoms with Crippen molar-refractivity contribution in [1.29, 1.82) is 0 Å². The first-order chi connectivity index (χ1) is 19.0. The molecule has 2 amide bonds. The number of ketones is 1. The van der Waals surface area contributed by atoms with Crippen LogP contribution in [0.3, 0.4) is 0 Å². The number of primary amides is 1. The van der Waals surface area contributed by atoms with Crippen molar-refractivity contribution in [2.24, 2.45) is 23.3 Å². The lowest BCUT2D eigenvalue weighted by Gasteiger charge is -2.47. The monoisotopic (exact) mass is 584 g/mol. The van der Waals surface area contributed by atoms with E-state index in [2.05, 4.69) is 4.98 Å². The number of imidazole rings is 1. The number of carbonyl (C=O) groups excluding carboxylic acids is 4. The summed E-state index contributed by atoms with van der Waals surface area (Å²) >= 11 is 2.63. The number of thioether (sulfide) groups is 1. The summed E-state index contributed by atoms with van der Waals surface area (Å²) in [5, 5.41) is 22.3. The molecular weight excluding hydrogens is 556 g/mol. The number of aromatic nitrogens is 3. The molecule has 2 aliphatic rings. The van der Waals surface area contributed by atoms with Gasteiger partial charge in [-0.05, 0) is 13.0 Å². The number of carbonyl (C=O) groups is 4. The van der Waals surface area contributed by atoms with Gasteiger partial charge in [-0.3, -0.25) is 18.8 Å². The second-order valence-electron chi connectivity index (χ2n) is 9.94. The number of nitrogens with zero attached hydrogens (tertiary/aromatic N) is 4. The topological polar surface area (TPSA) is 188 Å². The minimum Gasteiger partial charge on any atom is -0.543 e. The van der Waals surface area contributed by atoms with Gasteiger partial charge in [0, 0.05) is 36.9 Å². The minimum atomic E-state index is -1.48. The summed E-state index contributed by atoms with van der Waals surface area (Å²) in [6.07, 6.45) is 3.98. The fourth-order valence-electron chi connectivity index (χ4n) is 5.60. The van der Waals surface area contributed by atoms with Crippen LogP contribution in [0, 0.1) is 18.8 Å². The molecule has 2 aliphatic heterocycles. The third-order valence-corrected chi connectivity index (χ3v) is 9.54. The van der Waals surface area contributed by atoms with Crippen LogP contribution in [-0.4, -0.2) is 67.4 Å². The van der Waals surface area contributed by atoms with Crippen LogP contribution in [-0.2, 0) is 20.9 Å². The molecule has 40 heavy (non-hydrogen) atoms. The molecule has 1 saturated heterocycles. The summed E-state index contributed by atoms with van der Waals surface area (Å²) in [6.45, 7) is 5.38. The highest BCUT2D eigenvalue weighted by atomic mass is 32.2. The van der Waals surface area contributed by atoms with Crippen LogP contribution in [0.1, 0.15) is 40.5 Å². The third kappa shape index (κ3) is 4.40. The van der Waals surface area contributed by atoms with Crippen LogP contribution in [0.15, 0.2) is 35.4 Å². The quantitative estimate of drug-likeness (QED) is 0.117. The Kier molecular flexibility index (Phi) is 7.29. The van der Waals surface area contributed by atoms with Crippen molar-refractivity contribution in [3.05, 3.63) is 52.3 Å². The second-order valence-corrected chi connectivity index (χ2v) is 12.1. The molecule has 0 saturated carbocycles. The van der Waals surface area contributed by atoms with Gasteiger partial charge in [0.15, 0.2) is 11.9 Å². The molecule has 4 atom stereocenters. The number of rotatable bonds is 10. The normalized spacial score (nSPS) is 21.1. The molecule has 210 valence electrons. The van der Waals surface area contributed by atoms with E-state index in [1.807, 2.05) is 6.92 Å². The third-order valence-electron chi connectivity index (χ3n) is 7.40. The Balaban J connectivity index is 1.57. The average molecular weight is 585 g/mol. The summed E-state index contributed by atoms with van der Waals surface area (Å²) in [4.78, 5) is 57.7. The first-order valence-corrected chi connectivity index (χ1v) is 14.4. The molecule has 0 spiro atoms. The largest absolute Gasteiger partial charge is 0.543 e. The lowest BCUT2D eigenvalue weighted by molar-refractivity contribution is -0.692. The second kappa shape index (κ2) is 10.4. The molecule has 5 N–H and O–H groups in total. The number of hydrogen-bond donors (Lipinski definition) is 3. The van der Waals surface area contributed by atoms with Gasteiger partial charge in [0.1, 0.15) is 16.9 Å². The van der Waals surface area contributed by atoms with E-state index in [1.54, 1.807) is 34.4 Å². The van der Waals surface area contributed by atoms with Gasteiger partial charge in [-0.25, -0.2) is 4.98 Å². The maximum Gasteiger partial charge on any atom is 0.283 e. The highest BCUT2D eigenvalue weighted by Crippen LogP contribution is 2.51. The van der Waals surface area contributed by atoms with Crippen LogP contribution < -0.4 is 21.1 Å². The number of aliphatic carboxylic acids is 1. The number of fused-ring (bicyclic) bond motifs is 2. The van der Waals surface area contributed by atoms with Crippen LogP contribution in [0.5, 0.6) is 0 Å². The number of aliphatic hydroxyl groups is 1. The van der Waals surface area contributed by atoms with Crippen LogP contribution in [0.4, 0.5) is 0 Å². The molecule has 5 rings (SSSR count). The molecular formula is C26H28N6O6S2. The minimum absolute atomic E-state index is 0.104. The number of aliphatic hydroxyl groups excluding tert-OH is 1. The van der Waals surface area contributed by atoms with E-state index in [1.165, 1.54) is 41.2 Å². The van der Waals surface area contributed by atoms with E-state index < -0.39 is 35.8 Å². The fraction of sp³-hybridized carbons (Fsp3) is 0.385. The van der Waals surface area contributed by atoms with Crippen molar-refractivity contribution in [2.75, 3.05) is 12.3 Å². The Labute approximate surface area is 237 Å². The molecule has 0 radical (unpaired) electrons. The van der Waals surface area contributed by atoms with Gasteiger partial charge in [0.25, 0.3) is 5.91 Å². The van der Waals surface area contributed by atoms with Gasteiger partial charge in [-0.15, -0.1) is 23.1 Å². The smallest absolute Gasteiger partial charge is 0.283 e. The number of pyridine rings is 1. The zero-order valence-corrected chi connectivity index (χ0v) is 23.6. The lowest BCUT2D eigenvalue weighted by atomic mass is 9.77. The molecule has 0 aliphatic carbocycles. The summed E-state index contributed by atoms with van der Waals surface area (Å²) in [7, 11) is 0. The van der Waals surface area contributed by atoms with E-state index in [0.29, 0.717) is 38.8 Å². The SMILES string of the molecule is Cc1c(C(=O)c2ncn3cc(C4=C(C(=O)[O-])N5C(=O)[C@H]([C@@H](C)O)[C@H]5[C@H]4C)sc23)cc(SCCN)c[n+]1CC(N)=O. The Bertz CT molecular complexity index is 1610. The molecule has 14 heteroatoms. The van der Waals surface area contributed by atoms with Gasteiger partial charge in [0.05, 0.1) is 45.1 Å². The standard InChI is InChI=1S/C26H28N6O6S2/c1-11-18(22(26(37)38)32-21(11)19(13(3)33)24(32)36)16-8-31-10-29-20(25(31)40-16)23(35)15-6-14(39-5-4-27)7-30(12(15)2)9-17(28)34/h6-8,10-11,13,19,21,33H,4-5,9,27H2,1-3H3,(H2-,28,34,37,38)/t11-,13+,19+,21+/m0/s1. The zero-order valence-electron chi connectivity index (χ0n) is 22.0. The number of carboxylic acid groups (broad SMARTS) is 1. The number of carboxylic acids is 1. The van der Waals surface area contributed by atoms with Crippen molar-refractivity contribution in [3.8, 4) is 0 Å². The number of nitrogens with two attached hydrogens (primary N) is 2. The number of thiazole rings is 1. The maximum absolute atomic E-state index is 13.8. The van der Waals surface area contributed by atoms with Gasteiger partial charge in [0.2, 0.25) is 18.2 Å². The van der Waals surface area contributed by atoms with Gasteiger partial charge < -0.3 is 31.4 Å². The Hall–Kier alpha value is -3.59. The highest BCUT2D eigenvalue weighted by Gasteiger charge is 2.59. The predicted molar refractivity (Wildman–Crippen MR) is 144 cm³/mol. The summed E-state index contributed by atoms with van der Waals surface area (Å²) in [6, 6.07) is 1.24. The first-order valence-electron chi connectivity index (χ1n) is 12.6. The predicted octanol–water partition coefficient (Wildman–Crippen LogP) is -0.923. The fourth-order valence-corrected chi connectivity index (χ4v) is 7.57. The molecule has 5 heterocycles. The van der Waals surface area contributed by atoms with Gasteiger partial charge in [-0.1, -0.05) is 6.92 Å². The lowest BCUT2D eigenvalue weighted by Crippen LogP contribution is -2.64. The Morgan fingerprint density at radius 2 is 2.08 bits per heavy atom. The summed E-state index contributed by atoms with van der Waals surface area (Å²) in [5.74, 6) is -3.32. The highest BCUT2D eigenvalue weighted by molar-refractivity contribution is 7.99. The van der Waals surface area contributed by atoms with Crippen molar-refractivity contribution in [3.63, 3.8) is 0 Å². The van der Waals surface area contributed by atoms with Crippen molar-refractivity contribution in [1.82, 2.24) is 14.3 Å². The van der Waals surface area contributed by atoms with Crippen LogP contribution in [0.2, 0.25) is 0 Å². The van der Waals surface area contributed by atoms with E-state index in [4.69, 9.17) is 11.5 Å². The molecule has 0 unspecified atom stereocenters. The van der Waals surface area contributed by atoms with Gasteiger partial charge >= 0.3 is 0 Å². The van der Waals surface area contributed by atoms with Crippen LogP contribution in [0.25, 0.3) is 10.4 Å². The molecule has 12 nitrogen and oxygen atoms in total. The maximum atomic E-state index is 13.8. The zero-order chi connectivity index (χ0) is 29.0. The van der Waals surface area contributed by atoms with E-state index >= 15 is 0 Å². The molecule has 0 aromatic carbocycles. The molecule has 3 aromatic heterocycles. The summed E-state index contributed by atoms with van der Waals surface area (Å²) < 4.78 is 3.27. The number of hydrogen-bond acceptors (Lipinski definition) is 10. The molecule has 3 aromatic rings. The first kappa shape index (κ1) is 28.0. The average Bonchev–Trinajstić information content (AvgIpc) is 3.53. The van der Waals surface area contributed by atoms with Crippen molar-refractivity contribution >= 4 is 57.1 Å². The van der Waals surface area contributed by atoms with Crippen molar-refractivity contribution < 1.29 is 34.0 Å². The van der Waals surface area contributed by atoms with Crippen molar-refractivity contribution in [2.45, 2.75) is 44.4 Å². The molecule has 0 bridgehead atoms. The van der Waals surface area contributed by atoms with Crippen LogP contribution >= 0.6 is 23.1 Å². The number of amides is 2. The van der Waals surface area contributed by atoms with E-state index in [-0.39, 0.29) is 29.6 Å². The number of β-lactam (4-membered cyclic amide) rings is 1. The Morgan fingerprint density at radius 1 is 1.35 bits per heavy atom. The molecule has 1 fully saturated rings. The van der Waals surface area contributed by atoms with Gasteiger partial charge in [-0.2, -0.15) is 4.57 Å². The van der Waals surface area contributed by atoms with E-state index in [9.17, 15) is 29.4 Å². The Morgan fingerprint density at radius 3 is 2.70 bits per heavy atom. The summed E-state index contributed by atoms with van der Waals surface area (Å²) in [5.41, 5.74) is 12.3.